The van der Waals surface area contributed by atoms with E-state index in [9.17, 15) is 9.59 Å². The summed E-state index contributed by atoms with van der Waals surface area (Å²) in [5.41, 5.74) is 1.02. The van der Waals surface area contributed by atoms with E-state index in [-0.39, 0.29) is 30.2 Å². The van der Waals surface area contributed by atoms with E-state index in [4.69, 9.17) is 28.3 Å². The molecule has 1 heterocycles. The number of piperidine rings is 1. The minimum atomic E-state index is -0.800. The topological polar surface area (TPSA) is 57.6 Å². The lowest BCUT2D eigenvalue weighted by Gasteiger charge is -2.36. The van der Waals surface area contributed by atoms with Crippen LogP contribution >= 0.6 is 23.2 Å². The van der Waals surface area contributed by atoms with Gasteiger partial charge in [-0.2, -0.15) is 0 Å². The maximum absolute atomic E-state index is 12.9. The molecular weight excluding hydrogens is 349 g/mol. The van der Waals surface area contributed by atoms with E-state index in [1.807, 2.05) is 17.0 Å². The molecule has 1 N–H and O–H groups in total. The van der Waals surface area contributed by atoms with Crippen LogP contribution in [0.2, 0.25) is 10.0 Å². The fourth-order valence-electron chi connectivity index (χ4n) is 3.72. The third-order valence-corrected chi connectivity index (χ3v) is 5.46. The molecule has 0 radical (unpaired) electrons. The van der Waals surface area contributed by atoms with Crippen molar-refractivity contribution in [3.8, 4) is 0 Å². The molecule has 2 fully saturated rings. The van der Waals surface area contributed by atoms with Crippen LogP contribution in [0, 0.1) is 5.92 Å². The van der Waals surface area contributed by atoms with E-state index in [0.29, 0.717) is 16.5 Å². The predicted molar refractivity (Wildman–Crippen MR) is 93.5 cm³/mol. The molecule has 1 amide bonds. The van der Waals surface area contributed by atoms with Gasteiger partial charge in [-0.05, 0) is 61.8 Å². The van der Waals surface area contributed by atoms with Crippen LogP contribution in [0.15, 0.2) is 18.2 Å². The highest BCUT2D eigenvalue weighted by Crippen LogP contribution is 2.50. The molecule has 3 unspecified atom stereocenters. The lowest BCUT2D eigenvalue weighted by Crippen LogP contribution is -2.44. The van der Waals surface area contributed by atoms with Gasteiger partial charge in [0.05, 0.1) is 0 Å². The molecule has 1 aliphatic carbocycles. The van der Waals surface area contributed by atoms with Gasteiger partial charge in [0.2, 0.25) is 5.91 Å². The van der Waals surface area contributed by atoms with Crippen molar-refractivity contribution in [1.29, 1.82) is 0 Å². The molecule has 0 spiro atoms. The summed E-state index contributed by atoms with van der Waals surface area (Å²) in [6.07, 6.45) is 4.44. The number of carbonyl (C=O) groups is 2. The molecule has 0 bridgehead atoms. The normalized spacial score (nSPS) is 26.2. The predicted octanol–water partition coefficient (Wildman–Crippen LogP) is 4.34. The molecule has 24 heavy (non-hydrogen) atoms. The number of hydrogen-bond donors (Lipinski definition) is 1. The summed E-state index contributed by atoms with van der Waals surface area (Å²) in [5, 5.41) is 10.1. The Hall–Kier alpha value is -1.26. The Morgan fingerprint density at radius 1 is 1.17 bits per heavy atom. The van der Waals surface area contributed by atoms with Crippen LogP contribution in [-0.4, -0.2) is 34.5 Å². The zero-order chi connectivity index (χ0) is 17.3. The molecule has 1 aromatic carbocycles. The molecular formula is C18H21Cl2NO3. The van der Waals surface area contributed by atoms with Crippen LogP contribution < -0.4 is 0 Å². The molecule has 6 heteroatoms. The van der Waals surface area contributed by atoms with Crippen LogP contribution in [-0.2, 0) is 9.59 Å². The first kappa shape index (κ1) is 17.6. The van der Waals surface area contributed by atoms with Crippen LogP contribution in [0.5, 0.6) is 0 Å². The average molecular weight is 370 g/mol. The number of carboxylic acid groups (broad SMARTS) is 1. The second-order valence-electron chi connectivity index (χ2n) is 6.77. The Balaban J connectivity index is 1.66. The third-order valence-electron chi connectivity index (χ3n) is 5.02. The second-order valence-corrected chi connectivity index (χ2v) is 7.64. The van der Waals surface area contributed by atoms with E-state index in [1.54, 1.807) is 6.07 Å². The molecule has 1 aromatic rings. The molecule has 4 nitrogen and oxygen atoms in total. The highest BCUT2D eigenvalue weighted by atomic mass is 35.5. The smallest absolute Gasteiger partial charge is 0.303 e. The van der Waals surface area contributed by atoms with Gasteiger partial charge < -0.3 is 10.0 Å². The second kappa shape index (κ2) is 7.32. The van der Waals surface area contributed by atoms with E-state index in [2.05, 4.69) is 0 Å². The number of nitrogens with zero attached hydrogens (tertiary/aromatic N) is 1. The third kappa shape index (κ3) is 4.04. The van der Waals surface area contributed by atoms with Gasteiger partial charge in [-0.3, -0.25) is 9.59 Å². The molecule has 0 aromatic heterocycles. The molecule has 3 atom stereocenters. The van der Waals surface area contributed by atoms with Crippen LogP contribution in [0.1, 0.15) is 50.0 Å². The summed E-state index contributed by atoms with van der Waals surface area (Å²) in [6.45, 7) is 0.739. The van der Waals surface area contributed by atoms with Gasteiger partial charge in [0.15, 0.2) is 0 Å². The SMILES string of the molecule is O=C(O)CCC1CCCCN1C(=O)C1CC1c1cc(Cl)cc(Cl)c1. The minimum Gasteiger partial charge on any atom is -0.481 e. The zero-order valence-electron chi connectivity index (χ0n) is 13.4. The number of rotatable bonds is 5. The number of hydrogen-bond acceptors (Lipinski definition) is 2. The van der Waals surface area contributed by atoms with Gasteiger partial charge in [0.25, 0.3) is 0 Å². The summed E-state index contributed by atoms with van der Waals surface area (Å²) in [5.74, 6) is -0.488. The monoisotopic (exact) mass is 369 g/mol. The van der Waals surface area contributed by atoms with Gasteiger partial charge in [0.1, 0.15) is 0 Å². The Morgan fingerprint density at radius 3 is 2.54 bits per heavy atom. The molecule has 1 aliphatic heterocycles. The van der Waals surface area contributed by atoms with Crippen molar-refractivity contribution in [1.82, 2.24) is 4.90 Å². The van der Waals surface area contributed by atoms with Crippen molar-refractivity contribution < 1.29 is 14.7 Å². The van der Waals surface area contributed by atoms with Crippen molar-refractivity contribution in [2.24, 2.45) is 5.92 Å². The number of halogens is 2. The fourth-order valence-corrected chi connectivity index (χ4v) is 4.26. The van der Waals surface area contributed by atoms with E-state index >= 15 is 0 Å². The summed E-state index contributed by atoms with van der Waals surface area (Å²) in [4.78, 5) is 25.6. The minimum absolute atomic E-state index is 0.0232. The van der Waals surface area contributed by atoms with Crippen molar-refractivity contribution >= 4 is 35.1 Å². The van der Waals surface area contributed by atoms with Gasteiger partial charge >= 0.3 is 5.97 Å². The quantitative estimate of drug-likeness (QED) is 0.839. The average Bonchev–Trinajstić information content (AvgIpc) is 3.32. The number of aliphatic carboxylic acids is 1. The van der Waals surface area contributed by atoms with Gasteiger partial charge in [-0.1, -0.05) is 23.2 Å². The summed E-state index contributed by atoms with van der Waals surface area (Å²) >= 11 is 12.1. The van der Waals surface area contributed by atoms with E-state index in [1.165, 1.54) is 0 Å². The first-order valence-corrected chi connectivity index (χ1v) is 9.19. The largest absolute Gasteiger partial charge is 0.481 e. The van der Waals surface area contributed by atoms with Gasteiger partial charge in [0, 0.05) is 35.0 Å². The lowest BCUT2D eigenvalue weighted by atomic mass is 9.97. The van der Waals surface area contributed by atoms with Crippen LogP contribution in [0.25, 0.3) is 0 Å². The van der Waals surface area contributed by atoms with Crippen LogP contribution in [0.3, 0.4) is 0 Å². The molecule has 130 valence electrons. The highest BCUT2D eigenvalue weighted by Gasteiger charge is 2.47. The molecule has 3 rings (SSSR count). The number of carbonyl (C=O) groups excluding carboxylic acids is 1. The number of likely N-dealkylation sites (tertiary alicyclic amines) is 1. The van der Waals surface area contributed by atoms with Crippen molar-refractivity contribution in [2.75, 3.05) is 6.54 Å². The summed E-state index contributed by atoms with van der Waals surface area (Å²) < 4.78 is 0. The lowest BCUT2D eigenvalue weighted by molar-refractivity contribution is -0.140. The van der Waals surface area contributed by atoms with Crippen molar-refractivity contribution in [2.45, 2.75) is 50.5 Å². The van der Waals surface area contributed by atoms with E-state index in [0.717, 1.165) is 37.8 Å². The van der Waals surface area contributed by atoms with Gasteiger partial charge in [-0.25, -0.2) is 0 Å². The Labute approximate surface area is 151 Å². The van der Waals surface area contributed by atoms with E-state index < -0.39 is 5.97 Å². The summed E-state index contributed by atoms with van der Waals surface area (Å²) in [6, 6.07) is 5.51. The van der Waals surface area contributed by atoms with Crippen LogP contribution in [0.4, 0.5) is 0 Å². The molecule has 1 saturated carbocycles. The molecule has 2 aliphatic rings. The van der Waals surface area contributed by atoms with Crippen molar-refractivity contribution in [3.63, 3.8) is 0 Å². The van der Waals surface area contributed by atoms with Gasteiger partial charge in [-0.15, -0.1) is 0 Å². The van der Waals surface area contributed by atoms with Crippen molar-refractivity contribution in [3.05, 3.63) is 33.8 Å². The highest BCUT2D eigenvalue weighted by molar-refractivity contribution is 6.34. The Bertz CT molecular complexity index is 629. The Morgan fingerprint density at radius 2 is 1.88 bits per heavy atom. The maximum atomic E-state index is 12.9. The standard InChI is InChI=1S/C18H21Cl2NO3/c19-12-7-11(8-13(20)9-12)15-10-16(15)18(24)21-6-2-1-3-14(21)4-5-17(22)23/h7-9,14-16H,1-6,10H2,(H,22,23). The summed E-state index contributed by atoms with van der Waals surface area (Å²) in [7, 11) is 0. The Kier molecular flexibility index (Phi) is 5.36. The first-order chi connectivity index (χ1) is 11.5. The number of carboxylic acids is 1. The number of amides is 1. The maximum Gasteiger partial charge on any atom is 0.303 e. The fraction of sp³-hybridized carbons (Fsp3) is 0.556. The molecule has 1 saturated heterocycles. The first-order valence-electron chi connectivity index (χ1n) is 8.44. The zero-order valence-corrected chi connectivity index (χ0v) is 14.9. The number of benzene rings is 1.